The molecule has 0 aromatic heterocycles. The summed E-state index contributed by atoms with van der Waals surface area (Å²) in [7, 11) is 2.61. The van der Waals surface area contributed by atoms with Crippen LogP contribution in [0.25, 0.3) is 0 Å². The average Bonchev–Trinajstić information content (AvgIpc) is 2.01. The van der Waals surface area contributed by atoms with Crippen LogP contribution in [0, 0.1) is 0 Å². The van der Waals surface area contributed by atoms with Crippen LogP contribution in [0.3, 0.4) is 0 Å². The van der Waals surface area contributed by atoms with Crippen LogP contribution in [0.2, 0.25) is 11.6 Å². The summed E-state index contributed by atoms with van der Waals surface area (Å²) in [6, 6.07) is 1.14. The highest BCUT2D eigenvalue weighted by Gasteiger charge is 2.36. The fourth-order valence-electron chi connectivity index (χ4n) is 1.42. The van der Waals surface area contributed by atoms with Crippen LogP contribution in [0.15, 0.2) is 0 Å². The van der Waals surface area contributed by atoms with E-state index in [1.54, 1.807) is 0 Å². The fraction of sp³-hybridized carbons (Fsp3) is 1.00. The molecule has 0 heterocycles. The summed E-state index contributed by atoms with van der Waals surface area (Å²) in [4.78, 5) is 0. The molecule has 0 radical (unpaired) electrons. The first-order valence-electron chi connectivity index (χ1n) is 4.35. The normalized spacial score (nSPS) is 19.9. The maximum atomic E-state index is 6.57. The summed E-state index contributed by atoms with van der Waals surface area (Å²) >= 11 is 6.57. The van der Waals surface area contributed by atoms with Crippen molar-refractivity contribution in [2.24, 2.45) is 0 Å². The summed E-state index contributed by atoms with van der Waals surface area (Å²) in [5.74, 6) is 0. The monoisotopic (exact) mass is 193 g/mol. The van der Waals surface area contributed by atoms with Crippen molar-refractivity contribution >= 4 is 18.6 Å². The highest BCUT2D eigenvalue weighted by atomic mass is 35.6. The third-order valence-corrected chi connectivity index (χ3v) is 9.94. The third-order valence-electron chi connectivity index (χ3n) is 2.61. The van der Waals surface area contributed by atoms with E-state index in [9.17, 15) is 0 Å². The van der Waals surface area contributed by atoms with E-state index in [0.29, 0.717) is 5.54 Å². The molecule has 0 aliphatic rings. The molecule has 0 aromatic carbocycles. The largest absolute Gasteiger partial charge is 0.317 e. The number of hydrogen-bond donors (Lipinski definition) is 0. The van der Waals surface area contributed by atoms with Crippen molar-refractivity contribution < 1.29 is 0 Å². The molecule has 1 nitrogen and oxygen atoms in total. The maximum absolute atomic E-state index is 6.57. The molecule has 68 valence electrons. The molecule has 2 atom stereocenters. The van der Waals surface area contributed by atoms with Gasteiger partial charge in [-0.25, -0.2) is 0 Å². The van der Waals surface area contributed by atoms with Crippen LogP contribution in [-0.4, -0.2) is 26.2 Å². The lowest BCUT2D eigenvalue weighted by Gasteiger charge is -2.35. The molecule has 0 aliphatic heterocycles. The molecule has 0 bridgehead atoms. The van der Waals surface area contributed by atoms with Gasteiger partial charge in [-0.1, -0.05) is 27.2 Å². The predicted molar refractivity (Wildman–Crippen MR) is 55.5 cm³/mol. The van der Waals surface area contributed by atoms with Gasteiger partial charge in [0.25, 0.3) is 0 Å². The lowest BCUT2D eigenvalue weighted by atomic mass is 10.4. The van der Waals surface area contributed by atoms with Crippen molar-refractivity contribution in [1.29, 1.82) is 0 Å². The Kier molecular flexibility index (Phi) is 4.67. The minimum atomic E-state index is -1.60. The molecule has 0 saturated heterocycles. The lowest BCUT2D eigenvalue weighted by molar-refractivity contribution is 0.596. The molecule has 0 rings (SSSR count). The van der Waals surface area contributed by atoms with Gasteiger partial charge in [0.1, 0.15) is 0 Å². The van der Waals surface area contributed by atoms with E-state index in [1.165, 1.54) is 6.42 Å². The van der Waals surface area contributed by atoms with Crippen LogP contribution < -0.4 is 0 Å². The molecule has 0 fully saturated rings. The molecule has 0 aliphatic carbocycles. The first kappa shape index (κ1) is 11.5. The van der Waals surface area contributed by atoms with Gasteiger partial charge in [0.2, 0.25) is 7.55 Å². The Bertz CT molecular complexity index is 119. The molecule has 0 saturated carbocycles. The number of nitrogens with zero attached hydrogens (tertiary/aromatic N) is 1. The number of halogens is 1. The lowest BCUT2D eigenvalue weighted by Crippen LogP contribution is -2.46. The van der Waals surface area contributed by atoms with E-state index in [2.05, 4.69) is 39.4 Å². The zero-order valence-corrected chi connectivity index (χ0v) is 10.1. The van der Waals surface area contributed by atoms with E-state index in [4.69, 9.17) is 11.1 Å². The standard InChI is InChI=1S/C8H20ClNSi/c1-6-8(3)11(9,7-2)10(4)5/h8H,6-7H2,1-5H3. The molecular weight excluding hydrogens is 174 g/mol. The quantitative estimate of drug-likeness (QED) is 0.490. The molecule has 11 heavy (non-hydrogen) atoms. The number of hydrogen-bond acceptors (Lipinski definition) is 1. The molecule has 0 spiro atoms. The Morgan fingerprint density at radius 1 is 1.36 bits per heavy atom. The van der Waals surface area contributed by atoms with Crippen molar-refractivity contribution in [3.63, 3.8) is 0 Å². The second kappa shape index (κ2) is 4.48. The highest BCUT2D eigenvalue weighted by molar-refractivity contribution is 7.19. The molecule has 2 unspecified atom stereocenters. The van der Waals surface area contributed by atoms with Gasteiger partial charge in [-0.3, -0.25) is 0 Å². The Labute approximate surface area is 76.5 Å². The topological polar surface area (TPSA) is 3.24 Å². The average molecular weight is 194 g/mol. The van der Waals surface area contributed by atoms with Gasteiger partial charge in [-0.05, 0) is 25.7 Å². The minimum Gasteiger partial charge on any atom is -0.317 e. The van der Waals surface area contributed by atoms with E-state index in [1.807, 2.05) is 0 Å². The van der Waals surface area contributed by atoms with Crippen molar-refractivity contribution in [1.82, 2.24) is 4.57 Å². The van der Waals surface area contributed by atoms with Crippen LogP contribution in [0.4, 0.5) is 0 Å². The summed E-state index contributed by atoms with van der Waals surface area (Å²) in [5.41, 5.74) is 0.684. The highest BCUT2D eigenvalue weighted by Crippen LogP contribution is 2.33. The fourth-order valence-corrected chi connectivity index (χ4v) is 4.72. The second-order valence-corrected chi connectivity index (χ2v) is 9.56. The molecule has 0 aromatic rings. The van der Waals surface area contributed by atoms with Gasteiger partial charge in [0.05, 0.1) is 0 Å². The van der Waals surface area contributed by atoms with Gasteiger partial charge >= 0.3 is 0 Å². The van der Waals surface area contributed by atoms with E-state index < -0.39 is 7.55 Å². The van der Waals surface area contributed by atoms with Crippen LogP contribution in [-0.2, 0) is 0 Å². The summed E-state index contributed by atoms with van der Waals surface area (Å²) in [6.45, 7) is 6.68. The predicted octanol–water partition coefficient (Wildman–Crippen LogP) is 3.05. The molecule has 0 N–H and O–H groups in total. The molecule has 3 heteroatoms. The van der Waals surface area contributed by atoms with Crippen LogP contribution in [0.5, 0.6) is 0 Å². The smallest absolute Gasteiger partial charge is 0.231 e. The van der Waals surface area contributed by atoms with Crippen molar-refractivity contribution in [2.75, 3.05) is 14.1 Å². The first-order valence-corrected chi connectivity index (χ1v) is 7.59. The Morgan fingerprint density at radius 3 is 1.91 bits per heavy atom. The molecule has 0 amide bonds. The van der Waals surface area contributed by atoms with Crippen LogP contribution in [0.1, 0.15) is 27.2 Å². The van der Waals surface area contributed by atoms with Gasteiger partial charge < -0.3 is 4.57 Å². The zero-order chi connectivity index (χ0) is 9.07. The minimum absolute atomic E-state index is 0.684. The van der Waals surface area contributed by atoms with E-state index in [-0.39, 0.29) is 0 Å². The Balaban J connectivity index is 4.32. The van der Waals surface area contributed by atoms with Crippen molar-refractivity contribution in [3.8, 4) is 0 Å². The summed E-state index contributed by atoms with van der Waals surface area (Å²) in [5, 5.41) is 0. The summed E-state index contributed by atoms with van der Waals surface area (Å²) < 4.78 is 2.25. The van der Waals surface area contributed by atoms with Crippen molar-refractivity contribution in [3.05, 3.63) is 0 Å². The van der Waals surface area contributed by atoms with Gasteiger partial charge in [-0.2, -0.15) is 0 Å². The summed E-state index contributed by atoms with van der Waals surface area (Å²) in [6.07, 6.45) is 1.20. The molecular formula is C8H20ClNSi. The number of rotatable bonds is 4. The van der Waals surface area contributed by atoms with E-state index >= 15 is 0 Å². The van der Waals surface area contributed by atoms with Gasteiger partial charge in [-0.15, -0.1) is 11.1 Å². The van der Waals surface area contributed by atoms with Crippen LogP contribution >= 0.6 is 11.1 Å². The maximum Gasteiger partial charge on any atom is 0.231 e. The first-order chi connectivity index (χ1) is 4.99. The second-order valence-electron chi connectivity index (χ2n) is 3.38. The van der Waals surface area contributed by atoms with Gasteiger partial charge in [0, 0.05) is 0 Å². The SMILES string of the molecule is CCC(C)[Si](Cl)(CC)N(C)C. The van der Waals surface area contributed by atoms with Crippen molar-refractivity contribution in [2.45, 2.75) is 38.8 Å². The van der Waals surface area contributed by atoms with E-state index in [0.717, 1.165) is 6.04 Å². The van der Waals surface area contributed by atoms with Gasteiger partial charge in [0.15, 0.2) is 0 Å². The zero-order valence-electron chi connectivity index (χ0n) is 8.32. The third kappa shape index (κ3) is 2.46. The Morgan fingerprint density at radius 2 is 1.82 bits per heavy atom. The Hall–Kier alpha value is 0.467.